The van der Waals surface area contributed by atoms with Crippen molar-refractivity contribution in [1.29, 1.82) is 0 Å². The zero-order valence-electron chi connectivity index (χ0n) is 13.0. The molecule has 116 valence electrons. The molecule has 2 atom stereocenters. The zero-order valence-corrected chi connectivity index (χ0v) is 13.0. The molecule has 20 heavy (non-hydrogen) atoms. The molecule has 1 aliphatic carbocycles. The van der Waals surface area contributed by atoms with Gasteiger partial charge in [0.1, 0.15) is 5.54 Å². The molecule has 0 aromatic heterocycles. The minimum absolute atomic E-state index is 0.0433. The van der Waals surface area contributed by atoms with Crippen LogP contribution in [0.5, 0.6) is 0 Å². The molecule has 1 aliphatic heterocycles. The van der Waals surface area contributed by atoms with E-state index in [0.29, 0.717) is 12.6 Å². The van der Waals surface area contributed by atoms with Crippen molar-refractivity contribution >= 4 is 5.97 Å². The third-order valence-corrected chi connectivity index (χ3v) is 4.94. The minimum Gasteiger partial charge on any atom is -0.465 e. The highest BCUT2D eigenvalue weighted by atomic mass is 16.5. The molecule has 0 aromatic rings. The highest BCUT2D eigenvalue weighted by molar-refractivity contribution is 5.81. The molecule has 0 spiro atoms. The van der Waals surface area contributed by atoms with Crippen molar-refractivity contribution in [3.63, 3.8) is 0 Å². The molecule has 0 radical (unpaired) electrons. The van der Waals surface area contributed by atoms with Crippen LogP contribution in [0.15, 0.2) is 0 Å². The summed E-state index contributed by atoms with van der Waals surface area (Å²) in [5.41, 5.74) is -0.476. The van der Waals surface area contributed by atoms with E-state index < -0.39 is 5.54 Å². The number of rotatable bonds is 4. The van der Waals surface area contributed by atoms with Crippen molar-refractivity contribution in [2.75, 3.05) is 19.7 Å². The van der Waals surface area contributed by atoms with Crippen LogP contribution in [0.25, 0.3) is 0 Å². The molecule has 1 saturated heterocycles. The maximum absolute atomic E-state index is 12.6. The lowest BCUT2D eigenvalue weighted by Gasteiger charge is -2.43. The van der Waals surface area contributed by atoms with Gasteiger partial charge in [-0.05, 0) is 38.6 Å². The number of ether oxygens (including phenoxy) is 1. The van der Waals surface area contributed by atoms with Crippen molar-refractivity contribution in [3.05, 3.63) is 0 Å². The number of piperidine rings is 1. The molecular formula is C16H30N2O2. The van der Waals surface area contributed by atoms with Crippen molar-refractivity contribution < 1.29 is 9.53 Å². The van der Waals surface area contributed by atoms with Crippen LogP contribution in [0, 0.1) is 5.92 Å². The van der Waals surface area contributed by atoms with Crippen LogP contribution < -0.4 is 10.6 Å². The predicted octanol–water partition coefficient (Wildman–Crippen LogP) is 2.23. The van der Waals surface area contributed by atoms with E-state index in [2.05, 4.69) is 17.6 Å². The van der Waals surface area contributed by atoms with Crippen molar-refractivity contribution in [3.8, 4) is 0 Å². The van der Waals surface area contributed by atoms with Gasteiger partial charge >= 0.3 is 5.97 Å². The summed E-state index contributed by atoms with van der Waals surface area (Å²) in [6, 6.07) is 0.474. The molecular weight excluding hydrogens is 252 g/mol. The second kappa shape index (κ2) is 7.41. The molecule has 0 aromatic carbocycles. The summed E-state index contributed by atoms with van der Waals surface area (Å²) in [6.07, 6.45) is 8.46. The van der Waals surface area contributed by atoms with E-state index in [0.717, 1.165) is 19.5 Å². The summed E-state index contributed by atoms with van der Waals surface area (Å²) in [6.45, 7) is 6.30. The lowest BCUT2D eigenvalue weighted by molar-refractivity contribution is -0.155. The van der Waals surface area contributed by atoms with Gasteiger partial charge in [-0.3, -0.25) is 10.1 Å². The van der Waals surface area contributed by atoms with E-state index in [9.17, 15) is 4.79 Å². The first kappa shape index (κ1) is 15.8. The second-order valence-electron chi connectivity index (χ2n) is 6.38. The predicted molar refractivity (Wildman–Crippen MR) is 80.6 cm³/mol. The number of esters is 1. The standard InChI is InChI=1S/C16H30N2O2/c1-3-20-15(19)16(10-11-17-12-13(16)2)18-14-8-6-4-5-7-9-14/h13-14,17-18H,3-12H2,1-2H3. The van der Waals surface area contributed by atoms with Crippen molar-refractivity contribution in [2.45, 2.75) is 70.4 Å². The Morgan fingerprint density at radius 3 is 2.60 bits per heavy atom. The van der Waals surface area contributed by atoms with Gasteiger partial charge in [-0.2, -0.15) is 0 Å². The quantitative estimate of drug-likeness (QED) is 0.613. The number of carbonyl (C=O) groups excluding carboxylic acids is 1. The highest BCUT2D eigenvalue weighted by Crippen LogP contribution is 2.29. The summed E-state index contributed by atoms with van der Waals surface area (Å²) in [7, 11) is 0. The Balaban J connectivity index is 2.10. The molecule has 2 aliphatic rings. The van der Waals surface area contributed by atoms with Crippen LogP contribution in [0.1, 0.15) is 58.8 Å². The van der Waals surface area contributed by atoms with Crippen LogP contribution in [0.4, 0.5) is 0 Å². The first-order valence-electron chi connectivity index (χ1n) is 8.34. The van der Waals surface area contributed by atoms with Crippen LogP contribution in [-0.4, -0.2) is 37.2 Å². The SMILES string of the molecule is CCOC(=O)C1(NC2CCCCCC2)CCNCC1C. The molecule has 0 bridgehead atoms. The molecule has 2 unspecified atom stereocenters. The molecule has 1 saturated carbocycles. The van der Waals surface area contributed by atoms with Crippen LogP contribution in [0.2, 0.25) is 0 Å². The fourth-order valence-corrected chi connectivity index (χ4v) is 3.65. The van der Waals surface area contributed by atoms with Crippen LogP contribution >= 0.6 is 0 Å². The summed E-state index contributed by atoms with van der Waals surface area (Å²) >= 11 is 0. The molecule has 2 fully saturated rings. The lowest BCUT2D eigenvalue weighted by atomic mass is 9.78. The number of hydrogen-bond donors (Lipinski definition) is 2. The zero-order chi connectivity index (χ0) is 14.4. The van der Waals surface area contributed by atoms with Gasteiger partial charge in [-0.15, -0.1) is 0 Å². The van der Waals surface area contributed by atoms with E-state index in [1.165, 1.54) is 38.5 Å². The van der Waals surface area contributed by atoms with Crippen LogP contribution in [-0.2, 0) is 9.53 Å². The first-order valence-corrected chi connectivity index (χ1v) is 8.34. The molecule has 2 rings (SSSR count). The van der Waals surface area contributed by atoms with Crippen LogP contribution in [0.3, 0.4) is 0 Å². The number of hydrogen-bond acceptors (Lipinski definition) is 4. The Hall–Kier alpha value is -0.610. The van der Waals surface area contributed by atoms with Gasteiger partial charge in [0, 0.05) is 12.6 Å². The van der Waals surface area contributed by atoms with Gasteiger partial charge in [0.05, 0.1) is 6.61 Å². The molecule has 4 heteroatoms. The smallest absolute Gasteiger partial charge is 0.326 e. The highest BCUT2D eigenvalue weighted by Gasteiger charge is 2.47. The molecule has 2 N–H and O–H groups in total. The van der Waals surface area contributed by atoms with Gasteiger partial charge < -0.3 is 10.1 Å². The topological polar surface area (TPSA) is 50.4 Å². The van der Waals surface area contributed by atoms with Gasteiger partial charge in [-0.25, -0.2) is 0 Å². The van der Waals surface area contributed by atoms with E-state index in [-0.39, 0.29) is 11.9 Å². The third kappa shape index (κ3) is 3.53. The maximum Gasteiger partial charge on any atom is 0.326 e. The molecule has 1 heterocycles. The van der Waals surface area contributed by atoms with Gasteiger partial charge in [0.25, 0.3) is 0 Å². The number of carbonyl (C=O) groups is 1. The Bertz CT molecular complexity index is 314. The monoisotopic (exact) mass is 282 g/mol. The van der Waals surface area contributed by atoms with Gasteiger partial charge in [0.2, 0.25) is 0 Å². The fraction of sp³-hybridized carbons (Fsp3) is 0.938. The summed E-state index contributed by atoms with van der Waals surface area (Å²) in [4.78, 5) is 12.6. The van der Waals surface area contributed by atoms with E-state index in [1.54, 1.807) is 0 Å². The Kier molecular flexibility index (Phi) is 5.85. The van der Waals surface area contributed by atoms with E-state index in [1.807, 2.05) is 6.92 Å². The average molecular weight is 282 g/mol. The Labute approximate surface area is 123 Å². The molecule has 4 nitrogen and oxygen atoms in total. The van der Waals surface area contributed by atoms with Crippen molar-refractivity contribution in [2.24, 2.45) is 5.92 Å². The van der Waals surface area contributed by atoms with Gasteiger partial charge in [0.15, 0.2) is 0 Å². The molecule has 0 amide bonds. The maximum atomic E-state index is 12.6. The fourth-order valence-electron chi connectivity index (χ4n) is 3.65. The first-order chi connectivity index (χ1) is 9.69. The summed E-state index contributed by atoms with van der Waals surface area (Å²) in [5, 5.41) is 7.12. The normalized spacial score (nSPS) is 32.6. The Morgan fingerprint density at radius 2 is 2.00 bits per heavy atom. The van der Waals surface area contributed by atoms with E-state index >= 15 is 0 Å². The second-order valence-corrected chi connectivity index (χ2v) is 6.38. The summed E-state index contributed by atoms with van der Waals surface area (Å²) in [5.74, 6) is 0.233. The third-order valence-electron chi connectivity index (χ3n) is 4.94. The largest absolute Gasteiger partial charge is 0.465 e. The number of nitrogens with one attached hydrogen (secondary N) is 2. The van der Waals surface area contributed by atoms with Crippen molar-refractivity contribution in [1.82, 2.24) is 10.6 Å². The minimum atomic E-state index is -0.476. The van der Waals surface area contributed by atoms with E-state index in [4.69, 9.17) is 4.74 Å². The van der Waals surface area contributed by atoms with Gasteiger partial charge in [-0.1, -0.05) is 32.6 Å². The Morgan fingerprint density at radius 1 is 1.30 bits per heavy atom. The average Bonchev–Trinajstić information content (AvgIpc) is 2.70. The lowest BCUT2D eigenvalue weighted by Crippen LogP contribution is -2.65. The summed E-state index contributed by atoms with van der Waals surface area (Å²) < 4.78 is 5.40.